The molecule has 0 aromatic carbocycles. The molecule has 1 aromatic rings. The largest absolute Gasteiger partial charge is 0.381 e. The van der Waals surface area contributed by atoms with Gasteiger partial charge in [0.05, 0.1) is 11.9 Å². The lowest BCUT2D eigenvalue weighted by Crippen LogP contribution is -2.16. The van der Waals surface area contributed by atoms with Crippen LogP contribution in [0.2, 0.25) is 0 Å². The Morgan fingerprint density at radius 1 is 1.50 bits per heavy atom. The lowest BCUT2D eigenvalue weighted by atomic mass is 10.3. The highest BCUT2D eigenvalue weighted by Gasteiger charge is 2.20. The molecular weight excluding hydrogens is 204 g/mol. The predicted molar refractivity (Wildman–Crippen MR) is 63.2 cm³/mol. The van der Waals surface area contributed by atoms with Crippen molar-refractivity contribution in [3.05, 3.63) is 18.3 Å². The Bertz CT molecular complexity index is 359. The zero-order valence-corrected chi connectivity index (χ0v) is 9.07. The van der Waals surface area contributed by atoms with Crippen LogP contribution >= 0.6 is 0 Å². The topological polar surface area (TPSA) is 80.0 Å². The van der Waals surface area contributed by atoms with E-state index >= 15 is 0 Å². The van der Waals surface area contributed by atoms with Crippen molar-refractivity contribution in [1.29, 1.82) is 0 Å². The molecule has 0 saturated heterocycles. The Morgan fingerprint density at radius 3 is 2.88 bits per heavy atom. The van der Waals surface area contributed by atoms with Crippen LogP contribution in [0, 0.1) is 0 Å². The summed E-state index contributed by atoms with van der Waals surface area (Å²) in [5.41, 5.74) is 6.28. The fraction of sp³-hybridized carbons (Fsp3) is 0.455. The SMILES string of the molecule is NCCC(=O)Nc1ccc(NC2CC2)cn1. The molecule has 5 heteroatoms. The van der Waals surface area contributed by atoms with Crippen molar-refractivity contribution in [2.75, 3.05) is 17.2 Å². The van der Waals surface area contributed by atoms with Crippen LogP contribution in [0.4, 0.5) is 11.5 Å². The number of aromatic nitrogens is 1. The molecule has 0 bridgehead atoms. The minimum atomic E-state index is -0.0992. The highest BCUT2D eigenvalue weighted by Crippen LogP contribution is 2.24. The first kappa shape index (κ1) is 10.9. The quantitative estimate of drug-likeness (QED) is 0.690. The van der Waals surface area contributed by atoms with Crippen LogP contribution in [0.3, 0.4) is 0 Å². The number of hydrogen-bond acceptors (Lipinski definition) is 4. The third kappa shape index (κ3) is 3.20. The average molecular weight is 220 g/mol. The van der Waals surface area contributed by atoms with Crippen LogP contribution in [0.15, 0.2) is 18.3 Å². The second-order valence-corrected chi connectivity index (χ2v) is 3.94. The first-order chi connectivity index (χ1) is 7.78. The lowest BCUT2D eigenvalue weighted by molar-refractivity contribution is -0.116. The number of amides is 1. The highest BCUT2D eigenvalue weighted by molar-refractivity contribution is 5.89. The third-order valence-electron chi connectivity index (χ3n) is 2.35. The highest BCUT2D eigenvalue weighted by atomic mass is 16.1. The molecule has 1 fully saturated rings. The van der Waals surface area contributed by atoms with Crippen LogP contribution < -0.4 is 16.4 Å². The van der Waals surface area contributed by atoms with Gasteiger partial charge in [-0.25, -0.2) is 4.98 Å². The van der Waals surface area contributed by atoms with Crippen molar-refractivity contribution in [1.82, 2.24) is 4.98 Å². The molecule has 2 rings (SSSR count). The van der Waals surface area contributed by atoms with Crippen molar-refractivity contribution in [3.63, 3.8) is 0 Å². The van der Waals surface area contributed by atoms with E-state index in [4.69, 9.17) is 5.73 Å². The molecule has 86 valence electrons. The van der Waals surface area contributed by atoms with E-state index in [2.05, 4.69) is 15.6 Å². The zero-order valence-electron chi connectivity index (χ0n) is 9.07. The van der Waals surface area contributed by atoms with E-state index in [1.54, 1.807) is 12.3 Å². The number of anilines is 2. The Kier molecular flexibility index (Phi) is 3.36. The summed E-state index contributed by atoms with van der Waals surface area (Å²) in [6, 6.07) is 4.32. The van der Waals surface area contributed by atoms with E-state index in [-0.39, 0.29) is 5.91 Å². The molecule has 1 amide bonds. The molecule has 1 heterocycles. The molecule has 0 atom stereocenters. The fourth-order valence-electron chi connectivity index (χ4n) is 1.35. The third-order valence-corrected chi connectivity index (χ3v) is 2.35. The molecule has 0 radical (unpaired) electrons. The van der Waals surface area contributed by atoms with E-state index in [0.29, 0.717) is 24.8 Å². The van der Waals surface area contributed by atoms with Crippen LogP contribution in [0.1, 0.15) is 19.3 Å². The first-order valence-electron chi connectivity index (χ1n) is 5.50. The fourth-order valence-corrected chi connectivity index (χ4v) is 1.35. The molecule has 0 spiro atoms. The predicted octanol–water partition coefficient (Wildman–Crippen LogP) is 0.943. The van der Waals surface area contributed by atoms with Crippen molar-refractivity contribution in [3.8, 4) is 0 Å². The van der Waals surface area contributed by atoms with Crippen LogP contribution in [-0.2, 0) is 4.79 Å². The summed E-state index contributed by atoms with van der Waals surface area (Å²) in [7, 11) is 0. The molecular formula is C11H16N4O. The molecule has 1 saturated carbocycles. The zero-order chi connectivity index (χ0) is 11.4. The van der Waals surface area contributed by atoms with Gasteiger partial charge in [0, 0.05) is 19.0 Å². The molecule has 0 unspecified atom stereocenters. The van der Waals surface area contributed by atoms with E-state index in [9.17, 15) is 4.79 Å². The normalized spacial score (nSPS) is 14.6. The molecule has 16 heavy (non-hydrogen) atoms. The van der Waals surface area contributed by atoms with Crippen LogP contribution in [-0.4, -0.2) is 23.5 Å². The van der Waals surface area contributed by atoms with Gasteiger partial charge >= 0.3 is 0 Å². The number of hydrogen-bond donors (Lipinski definition) is 3. The Balaban J connectivity index is 1.87. The van der Waals surface area contributed by atoms with E-state index in [0.717, 1.165) is 5.69 Å². The van der Waals surface area contributed by atoms with E-state index in [1.165, 1.54) is 12.8 Å². The standard InChI is InChI=1S/C11H16N4O/c12-6-5-11(16)15-10-4-3-9(7-13-10)14-8-1-2-8/h3-4,7-8,14H,1-2,5-6,12H2,(H,13,15,16). The first-order valence-corrected chi connectivity index (χ1v) is 5.50. The van der Waals surface area contributed by atoms with Crippen LogP contribution in [0.5, 0.6) is 0 Å². The van der Waals surface area contributed by atoms with Gasteiger partial charge in [-0.1, -0.05) is 0 Å². The number of carbonyl (C=O) groups excluding carboxylic acids is 1. The molecule has 5 nitrogen and oxygen atoms in total. The van der Waals surface area contributed by atoms with Crippen molar-refractivity contribution in [2.24, 2.45) is 5.73 Å². The van der Waals surface area contributed by atoms with Crippen molar-refractivity contribution < 1.29 is 4.79 Å². The smallest absolute Gasteiger partial charge is 0.226 e. The number of nitrogens with two attached hydrogens (primary N) is 1. The maximum absolute atomic E-state index is 11.2. The number of nitrogens with one attached hydrogen (secondary N) is 2. The average Bonchev–Trinajstić information content (AvgIpc) is 3.05. The molecule has 1 aromatic heterocycles. The van der Waals surface area contributed by atoms with Gasteiger partial charge in [-0.2, -0.15) is 0 Å². The molecule has 0 aliphatic heterocycles. The molecule has 1 aliphatic rings. The summed E-state index contributed by atoms with van der Waals surface area (Å²) in [4.78, 5) is 15.4. The Hall–Kier alpha value is -1.62. The number of nitrogens with zero attached hydrogens (tertiary/aromatic N) is 1. The minimum Gasteiger partial charge on any atom is -0.381 e. The summed E-state index contributed by atoms with van der Waals surface area (Å²) >= 11 is 0. The van der Waals surface area contributed by atoms with Crippen molar-refractivity contribution in [2.45, 2.75) is 25.3 Å². The van der Waals surface area contributed by atoms with Gasteiger partial charge in [-0.05, 0) is 25.0 Å². The maximum Gasteiger partial charge on any atom is 0.226 e. The molecule has 4 N–H and O–H groups in total. The summed E-state index contributed by atoms with van der Waals surface area (Å²) in [6.45, 7) is 0.354. The minimum absolute atomic E-state index is 0.0992. The summed E-state index contributed by atoms with van der Waals surface area (Å²) < 4.78 is 0. The number of rotatable bonds is 5. The second kappa shape index (κ2) is 4.94. The van der Waals surface area contributed by atoms with Gasteiger partial charge in [0.15, 0.2) is 0 Å². The number of carbonyl (C=O) groups is 1. The maximum atomic E-state index is 11.2. The number of pyridine rings is 1. The van der Waals surface area contributed by atoms with Gasteiger partial charge < -0.3 is 16.4 Å². The van der Waals surface area contributed by atoms with Gasteiger partial charge in [0.25, 0.3) is 0 Å². The van der Waals surface area contributed by atoms with E-state index in [1.807, 2.05) is 6.07 Å². The molecule has 1 aliphatic carbocycles. The van der Waals surface area contributed by atoms with Crippen LogP contribution in [0.25, 0.3) is 0 Å². The Labute approximate surface area is 94.4 Å². The van der Waals surface area contributed by atoms with E-state index < -0.39 is 0 Å². The lowest BCUT2D eigenvalue weighted by Gasteiger charge is -2.06. The van der Waals surface area contributed by atoms with Gasteiger partial charge in [-0.3, -0.25) is 4.79 Å². The van der Waals surface area contributed by atoms with Gasteiger partial charge in [0.1, 0.15) is 5.82 Å². The Morgan fingerprint density at radius 2 is 2.31 bits per heavy atom. The summed E-state index contributed by atoms with van der Waals surface area (Å²) in [5, 5.41) is 6.01. The summed E-state index contributed by atoms with van der Waals surface area (Å²) in [6.07, 6.45) is 4.52. The van der Waals surface area contributed by atoms with Gasteiger partial charge in [-0.15, -0.1) is 0 Å². The van der Waals surface area contributed by atoms with Crippen molar-refractivity contribution >= 4 is 17.4 Å². The monoisotopic (exact) mass is 220 g/mol. The second-order valence-electron chi connectivity index (χ2n) is 3.94. The van der Waals surface area contributed by atoms with Gasteiger partial charge in [0.2, 0.25) is 5.91 Å². The summed E-state index contributed by atoms with van der Waals surface area (Å²) in [5.74, 6) is 0.470.